The van der Waals surface area contributed by atoms with Crippen LogP contribution in [0.3, 0.4) is 0 Å². The third-order valence-electron chi connectivity index (χ3n) is 3.11. The zero-order valence-corrected chi connectivity index (χ0v) is 11.1. The number of hydrogen-bond acceptors (Lipinski definition) is 2. The van der Waals surface area contributed by atoms with Crippen molar-refractivity contribution < 1.29 is 4.79 Å². The van der Waals surface area contributed by atoms with Crippen LogP contribution < -0.4 is 5.32 Å². The van der Waals surface area contributed by atoms with Gasteiger partial charge in [0.2, 0.25) is 5.91 Å². The van der Waals surface area contributed by atoms with Crippen LogP contribution in [-0.2, 0) is 4.79 Å². The molecule has 2 aromatic carbocycles. The van der Waals surface area contributed by atoms with Crippen LogP contribution in [0.2, 0.25) is 0 Å². The van der Waals surface area contributed by atoms with Gasteiger partial charge in [0.1, 0.15) is 0 Å². The third kappa shape index (κ3) is 2.52. The SMILES string of the molecule is CC(=O)Nc1ccc2cc(-c3ccccc3)cnc2c1. The first-order chi connectivity index (χ1) is 9.72. The van der Waals surface area contributed by atoms with Crippen LogP contribution in [0.1, 0.15) is 6.92 Å². The molecule has 0 bridgehead atoms. The lowest BCUT2D eigenvalue weighted by atomic mass is 10.1. The summed E-state index contributed by atoms with van der Waals surface area (Å²) in [7, 11) is 0. The Morgan fingerprint density at radius 1 is 1.00 bits per heavy atom. The molecule has 1 aromatic heterocycles. The van der Waals surface area contributed by atoms with Gasteiger partial charge in [0, 0.05) is 29.8 Å². The first-order valence-electron chi connectivity index (χ1n) is 6.45. The summed E-state index contributed by atoms with van der Waals surface area (Å²) in [6.07, 6.45) is 1.86. The Labute approximate surface area is 117 Å². The van der Waals surface area contributed by atoms with E-state index in [2.05, 4.69) is 28.5 Å². The monoisotopic (exact) mass is 262 g/mol. The molecule has 1 N–H and O–H groups in total. The summed E-state index contributed by atoms with van der Waals surface area (Å²) in [6.45, 7) is 1.50. The topological polar surface area (TPSA) is 42.0 Å². The first kappa shape index (κ1) is 12.4. The highest BCUT2D eigenvalue weighted by Gasteiger charge is 2.02. The van der Waals surface area contributed by atoms with E-state index in [-0.39, 0.29) is 5.91 Å². The summed E-state index contributed by atoms with van der Waals surface area (Å²) in [5.41, 5.74) is 3.87. The number of anilines is 1. The number of aromatic nitrogens is 1. The Hall–Kier alpha value is -2.68. The van der Waals surface area contributed by atoms with E-state index < -0.39 is 0 Å². The van der Waals surface area contributed by atoms with Gasteiger partial charge < -0.3 is 5.32 Å². The lowest BCUT2D eigenvalue weighted by Gasteiger charge is -2.06. The van der Waals surface area contributed by atoms with Gasteiger partial charge in [0.15, 0.2) is 0 Å². The Bertz CT molecular complexity index is 766. The Kier molecular flexibility index (Phi) is 3.17. The molecule has 20 heavy (non-hydrogen) atoms. The second-order valence-corrected chi connectivity index (χ2v) is 4.68. The number of carbonyl (C=O) groups is 1. The van der Waals surface area contributed by atoms with Gasteiger partial charge in [-0.25, -0.2) is 0 Å². The van der Waals surface area contributed by atoms with Crippen LogP contribution in [0.5, 0.6) is 0 Å². The van der Waals surface area contributed by atoms with E-state index in [0.717, 1.165) is 27.7 Å². The van der Waals surface area contributed by atoms with E-state index >= 15 is 0 Å². The standard InChI is InChI=1S/C17H14N2O/c1-12(20)19-16-8-7-14-9-15(11-18-17(14)10-16)13-5-3-2-4-6-13/h2-11H,1H3,(H,19,20). The van der Waals surface area contributed by atoms with Crippen LogP contribution in [0.15, 0.2) is 60.8 Å². The minimum Gasteiger partial charge on any atom is -0.326 e. The van der Waals surface area contributed by atoms with E-state index in [1.807, 2.05) is 42.6 Å². The smallest absolute Gasteiger partial charge is 0.221 e. The maximum Gasteiger partial charge on any atom is 0.221 e. The number of rotatable bonds is 2. The molecular formula is C17H14N2O. The summed E-state index contributed by atoms with van der Waals surface area (Å²) in [5.74, 6) is -0.0785. The molecule has 0 aliphatic rings. The average Bonchev–Trinajstić information content (AvgIpc) is 2.47. The van der Waals surface area contributed by atoms with Crippen molar-refractivity contribution in [2.45, 2.75) is 6.92 Å². The fourth-order valence-corrected chi connectivity index (χ4v) is 2.19. The quantitative estimate of drug-likeness (QED) is 0.762. The molecule has 0 unspecified atom stereocenters. The van der Waals surface area contributed by atoms with Gasteiger partial charge in [-0.05, 0) is 23.8 Å². The molecule has 98 valence electrons. The number of pyridine rings is 1. The molecule has 3 rings (SSSR count). The number of nitrogens with one attached hydrogen (secondary N) is 1. The molecule has 0 radical (unpaired) electrons. The molecule has 3 nitrogen and oxygen atoms in total. The molecule has 0 saturated heterocycles. The molecule has 0 aliphatic carbocycles. The maximum absolute atomic E-state index is 11.1. The van der Waals surface area contributed by atoms with Crippen LogP contribution in [0.25, 0.3) is 22.0 Å². The van der Waals surface area contributed by atoms with E-state index in [4.69, 9.17) is 0 Å². The van der Waals surface area contributed by atoms with Gasteiger partial charge in [0.05, 0.1) is 5.52 Å². The predicted octanol–water partition coefficient (Wildman–Crippen LogP) is 3.86. The third-order valence-corrected chi connectivity index (χ3v) is 3.11. The molecule has 0 atom stereocenters. The summed E-state index contributed by atoms with van der Waals surface area (Å²) < 4.78 is 0. The summed E-state index contributed by atoms with van der Waals surface area (Å²) in [4.78, 5) is 15.5. The van der Waals surface area contributed by atoms with Crippen molar-refractivity contribution in [3.05, 3.63) is 60.8 Å². The van der Waals surface area contributed by atoms with Crippen LogP contribution >= 0.6 is 0 Å². The van der Waals surface area contributed by atoms with Crippen LogP contribution in [0, 0.1) is 0 Å². The number of benzene rings is 2. The van der Waals surface area contributed by atoms with Crippen LogP contribution in [0.4, 0.5) is 5.69 Å². The van der Waals surface area contributed by atoms with Gasteiger partial charge in [-0.1, -0.05) is 36.4 Å². The van der Waals surface area contributed by atoms with Crippen molar-refractivity contribution in [2.24, 2.45) is 0 Å². The number of amides is 1. The molecule has 3 heteroatoms. The van der Waals surface area contributed by atoms with Gasteiger partial charge >= 0.3 is 0 Å². The van der Waals surface area contributed by atoms with Crippen molar-refractivity contribution in [3.8, 4) is 11.1 Å². The van der Waals surface area contributed by atoms with Crippen molar-refractivity contribution in [1.82, 2.24) is 4.98 Å². The van der Waals surface area contributed by atoms with Crippen LogP contribution in [-0.4, -0.2) is 10.9 Å². The lowest BCUT2D eigenvalue weighted by Crippen LogP contribution is -2.05. The number of carbonyl (C=O) groups excluding carboxylic acids is 1. The van der Waals surface area contributed by atoms with E-state index in [1.54, 1.807) is 0 Å². The zero-order chi connectivity index (χ0) is 13.9. The normalized spacial score (nSPS) is 10.4. The summed E-state index contributed by atoms with van der Waals surface area (Å²) >= 11 is 0. The summed E-state index contributed by atoms with van der Waals surface area (Å²) in [5, 5.41) is 3.82. The van der Waals surface area contributed by atoms with Crippen molar-refractivity contribution >= 4 is 22.5 Å². The molecule has 0 fully saturated rings. The van der Waals surface area contributed by atoms with E-state index in [0.29, 0.717) is 0 Å². The molecule has 1 amide bonds. The molecule has 1 heterocycles. The van der Waals surface area contributed by atoms with Gasteiger partial charge in [-0.3, -0.25) is 9.78 Å². The highest BCUT2D eigenvalue weighted by atomic mass is 16.1. The Balaban J connectivity index is 2.03. The fraction of sp³-hybridized carbons (Fsp3) is 0.0588. The average molecular weight is 262 g/mol. The fourth-order valence-electron chi connectivity index (χ4n) is 2.19. The van der Waals surface area contributed by atoms with Crippen molar-refractivity contribution in [2.75, 3.05) is 5.32 Å². The van der Waals surface area contributed by atoms with Crippen molar-refractivity contribution in [1.29, 1.82) is 0 Å². The first-order valence-corrected chi connectivity index (χ1v) is 6.45. The Morgan fingerprint density at radius 3 is 2.55 bits per heavy atom. The maximum atomic E-state index is 11.1. The number of fused-ring (bicyclic) bond motifs is 1. The van der Waals surface area contributed by atoms with E-state index in [1.165, 1.54) is 6.92 Å². The second kappa shape index (κ2) is 5.13. The van der Waals surface area contributed by atoms with Gasteiger partial charge in [-0.15, -0.1) is 0 Å². The largest absolute Gasteiger partial charge is 0.326 e. The molecular weight excluding hydrogens is 248 g/mol. The molecule has 0 saturated carbocycles. The second-order valence-electron chi connectivity index (χ2n) is 4.68. The molecule has 0 spiro atoms. The predicted molar refractivity (Wildman–Crippen MR) is 81.5 cm³/mol. The van der Waals surface area contributed by atoms with Gasteiger partial charge in [-0.2, -0.15) is 0 Å². The highest BCUT2D eigenvalue weighted by Crippen LogP contribution is 2.24. The molecule has 3 aromatic rings. The summed E-state index contributed by atoms with van der Waals surface area (Å²) in [6, 6.07) is 18.0. The Morgan fingerprint density at radius 2 is 1.80 bits per heavy atom. The van der Waals surface area contributed by atoms with Crippen molar-refractivity contribution in [3.63, 3.8) is 0 Å². The minimum absolute atomic E-state index is 0.0785. The molecule has 0 aliphatic heterocycles. The van der Waals surface area contributed by atoms with Gasteiger partial charge in [0.25, 0.3) is 0 Å². The number of nitrogens with zero attached hydrogens (tertiary/aromatic N) is 1. The zero-order valence-electron chi connectivity index (χ0n) is 11.1. The number of hydrogen-bond donors (Lipinski definition) is 1. The lowest BCUT2D eigenvalue weighted by molar-refractivity contribution is -0.114. The van der Waals surface area contributed by atoms with E-state index in [9.17, 15) is 4.79 Å². The highest BCUT2D eigenvalue weighted by molar-refractivity contribution is 5.92. The minimum atomic E-state index is -0.0785.